The van der Waals surface area contributed by atoms with Crippen LogP contribution in [0.4, 0.5) is 11.4 Å². The van der Waals surface area contributed by atoms with Gasteiger partial charge in [-0.3, -0.25) is 9.59 Å². The summed E-state index contributed by atoms with van der Waals surface area (Å²) in [5, 5.41) is 0. The summed E-state index contributed by atoms with van der Waals surface area (Å²) in [6, 6.07) is 7.73. The second-order valence-corrected chi connectivity index (χ2v) is 8.64. The van der Waals surface area contributed by atoms with Gasteiger partial charge in [-0.05, 0) is 25.0 Å². The average Bonchev–Trinajstić information content (AvgIpc) is 2.72. The number of amides is 1. The van der Waals surface area contributed by atoms with Crippen LogP contribution < -0.4 is 15.5 Å². The van der Waals surface area contributed by atoms with E-state index in [1.54, 1.807) is 4.90 Å². The number of rotatable bonds is 3. The number of anilines is 2. The fourth-order valence-electron chi connectivity index (χ4n) is 3.92. The van der Waals surface area contributed by atoms with Gasteiger partial charge in [0.25, 0.3) is 0 Å². The van der Waals surface area contributed by atoms with Crippen LogP contribution in [0.15, 0.2) is 24.3 Å². The smallest absolute Gasteiger partial charge is 0.246 e. The van der Waals surface area contributed by atoms with Gasteiger partial charge < -0.3 is 15.5 Å². The van der Waals surface area contributed by atoms with Crippen molar-refractivity contribution >= 4 is 35.5 Å². The van der Waals surface area contributed by atoms with Crippen molar-refractivity contribution in [1.29, 1.82) is 0 Å². The highest BCUT2D eigenvalue weighted by Crippen LogP contribution is 2.37. The second kappa shape index (κ2) is 8.61. The van der Waals surface area contributed by atoms with Gasteiger partial charge in [-0.15, -0.1) is 12.4 Å². The maximum Gasteiger partial charge on any atom is 0.246 e. The van der Waals surface area contributed by atoms with Crippen LogP contribution in [0.2, 0.25) is 0 Å². The molecule has 1 aromatic rings. The van der Waals surface area contributed by atoms with E-state index >= 15 is 0 Å². The molecular formula is C21H32ClN3O2. The van der Waals surface area contributed by atoms with E-state index in [9.17, 15) is 9.59 Å². The van der Waals surface area contributed by atoms with Gasteiger partial charge in [0.05, 0.1) is 17.9 Å². The van der Waals surface area contributed by atoms with Crippen molar-refractivity contribution in [3.63, 3.8) is 0 Å². The van der Waals surface area contributed by atoms with Crippen LogP contribution in [0.5, 0.6) is 0 Å². The molecule has 27 heavy (non-hydrogen) atoms. The lowest BCUT2D eigenvalue weighted by Gasteiger charge is -2.36. The summed E-state index contributed by atoms with van der Waals surface area (Å²) < 4.78 is 0. The topological polar surface area (TPSA) is 66.6 Å². The van der Waals surface area contributed by atoms with Crippen molar-refractivity contribution in [2.24, 2.45) is 11.1 Å². The van der Waals surface area contributed by atoms with Gasteiger partial charge >= 0.3 is 0 Å². The van der Waals surface area contributed by atoms with Gasteiger partial charge in [0.15, 0.2) is 5.78 Å². The molecule has 0 bridgehead atoms. The van der Waals surface area contributed by atoms with Crippen LogP contribution >= 0.6 is 12.4 Å². The van der Waals surface area contributed by atoms with Crippen molar-refractivity contribution in [3.05, 3.63) is 24.3 Å². The zero-order chi connectivity index (χ0) is 18.9. The van der Waals surface area contributed by atoms with Crippen LogP contribution in [0, 0.1) is 5.41 Å². The zero-order valence-electron chi connectivity index (χ0n) is 16.6. The van der Waals surface area contributed by atoms with E-state index in [-0.39, 0.29) is 30.6 Å². The van der Waals surface area contributed by atoms with E-state index in [0.29, 0.717) is 12.6 Å². The second-order valence-electron chi connectivity index (χ2n) is 8.64. The lowest BCUT2D eigenvalue weighted by molar-refractivity contribution is -0.127. The molecule has 1 amide bonds. The Balaban J connectivity index is 0.00000261. The Bertz CT molecular complexity index is 680. The highest BCUT2D eigenvalue weighted by molar-refractivity contribution is 6.06. The van der Waals surface area contributed by atoms with Crippen molar-refractivity contribution in [2.45, 2.75) is 65.0 Å². The quantitative estimate of drug-likeness (QED) is 0.852. The average molecular weight is 394 g/mol. The standard InChI is InChI=1S/C21H31N3O2.ClH/c1-21(2,3)19(25)14-24-18-12-8-7-11-17(18)23(13-16(22)20(24)26)15-9-5-4-6-10-15;/h7-8,11-12,15-16H,4-6,9-10,13-14,22H2,1-3H3;1H. The third-order valence-electron chi connectivity index (χ3n) is 5.61. The molecular weight excluding hydrogens is 362 g/mol. The lowest BCUT2D eigenvalue weighted by Crippen LogP contribution is -2.51. The Morgan fingerprint density at radius 3 is 2.30 bits per heavy atom. The van der Waals surface area contributed by atoms with E-state index in [4.69, 9.17) is 5.73 Å². The maximum atomic E-state index is 13.0. The number of hydrogen-bond acceptors (Lipinski definition) is 4. The van der Waals surface area contributed by atoms with E-state index in [0.717, 1.165) is 24.2 Å². The third-order valence-corrected chi connectivity index (χ3v) is 5.61. The summed E-state index contributed by atoms with van der Waals surface area (Å²) in [6.45, 7) is 6.25. The largest absolute Gasteiger partial charge is 0.365 e. The number of carbonyl (C=O) groups excluding carboxylic acids is 2. The minimum absolute atomic E-state index is 0. The molecule has 3 rings (SSSR count). The SMILES string of the molecule is CC(C)(C)C(=O)CN1C(=O)C(N)CN(C2CCCCC2)c2ccccc21.Cl. The van der Waals surface area contributed by atoms with Crippen LogP contribution in [0.25, 0.3) is 0 Å². The van der Waals surface area contributed by atoms with Gasteiger partial charge in [-0.1, -0.05) is 52.2 Å². The number of hydrogen-bond donors (Lipinski definition) is 1. The summed E-state index contributed by atoms with van der Waals surface area (Å²) in [5.41, 5.74) is 7.64. The van der Waals surface area contributed by atoms with E-state index in [2.05, 4.69) is 11.0 Å². The molecule has 0 radical (unpaired) electrons. The third kappa shape index (κ3) is 4.64. The summed E-state index contributed by atoms with van der Waals surface area (Å²) in [4.78, 5) is 29.6. The minimum Gasteiger partial charge on any atom is -0.365 e. The first-order valence-corrected chi connectivity index (χ1v) is 9.75. The zero-order valence-corrected chi connectivity index (χ0v) is 17.4. The molecule has 1 fully saturated rings. The molecule has 1 saturated carbocycles. The van der Waals surface area contributed by atoms with Gasteiger partial charge in [-0.2, -0.15) is 0 Å². The molecule has 0 saturated heterocycles. The summed E-state index contributed by atoms with van der Waals surface area (Å²) in [5.74, 6) is -0.118. The van der Waals surface area contributed by atoms with Crippen molar-refractivity contribution in [3.8, 4) is 0 Å². The van der Waals surface area contributed by atoms with Crippen molar-refractivity contribution in [1.82, 2.24) is 0 Å². The number of benzene rings is 1. The highest BCUT2D eigenvalue weighted by Gasteiger charge is 2.36. The van der Waals surface area contributed by atoms with E-state index < -0.39 is 11.5 Å². The molecule has 2 aliphatic rings. The van der Waals surface area contributed by atoms with Gasteiger partial charge in [0.1, 0.15) is 6.04 Å². The number of carbonyl (C=O) groups is 2. The predicted molar refractivity (Wildman–Crippen MR) is 113 cm³/mol. The minimum atomic E-state index is -0.614. The van der Waals surface area contributed by atoms with Gasteiger partial charge in [-0.25, -0.2) is 0 Å². The molecule has 6 heteroatoms. The lowest BCUT2D eigenvalue weighted by atomic mass is 9.90. The molecule has 1 aliphatic heterocycles. The number of nitrogens with zero attached hydrogens (tertiary/aromatic N) is 2. The molecule has 2 N–H and O–H groups in total. The van der Waals surface area contributed by atoms with Gasteiger partial charge in [0.2, 0.25) is 5.91 Å². The Morgan fingerprint density at radius 2 is 1.70 bits per heavy atom. The molecule has 150 valence electrons. The molecule has 1 unspecified atom stereocenters. The Hall–Kier alpha value is -1.59. The molecule has 1 atom stereocenters. The number of fused-ring (bicyclic) bond motifs is 1. The van der Waals surface area contributed by atoms with Crippen LogP contribution in [0.3, 0.4) is 0 Å². The summed E-state index contributed by atoms with van der Waals surface area (Å²) >= 11 is 0. The number of para-hydroxylation sites is 2. The molecule has 0 spiro atoms. The maximum absolute atomic E-state index is 13.0. The predicted octanol–water partition coefficient (Wildman–Crippen LogP) is 3.54. The Labute approximate surface area is 168 Å². The fourth-order valence-corrected chi connectivity index (χ4v) is 3.92. The van der Waals surface area contributed by atoms with Crippen LogP contribution in [0.1, 0.15) is 52.9 Å². The van der Waals surface area contributed by atoms with Crippen LogP contribution in [-0.4, -0.2) is 36.9 Å². The van der Waals surface area contributed by atoms with Gasteiger partial charge in [0, 0.05) is 18.0 Å². The first kappa shape index (κ1) is 21.7. The Kier molecular flexibility index (Phi) is 6.92. The molecule has 1 heterocycles. The summed E-state index contributed by atoms with van der Waals surface area (Å²) in [7, 11) is 0. The fraction of sp³-hybridized carbons (Fsp3) is 0.619. The molecule has 1 aromatic carbocycles. The normalized spacial score (nSPS) is 21.3. The van der Waals surface area contributed by atoms with E-state index in [1.165, 1.54) is 19.3 Å². The first-order chi connectivity index (χ1) is 12.3. The number of nitrogens with two attached hydrogens (primary N) is 1. The number of halogens is 1. The highest BCUT2D eigenvalue weighted by atomic mass is 35.5. The van der Waals surface area contributed by atoms with Crippen molar-refractivity contribution in [2.75, 3.05) is 22.9 Å². The molecule has 5 nitrogen and oxygen atoms in total. The number of ketones is 1. The monoisotopic (exact) mass is 393 g/mol. The van der Waals surface area contributed by atoms with Crippen LogP contribution in [-0.2, 0) is 9.59 Å². The van der Waals surface area contributed by atoms with E-state index in [1.807, 2.05) is 39.0 Å². The first-order valence-electron chi connectivity index (χ1n) is 9.75. The molecule has 0 aromatic heterocycles. The number of Topliss-reactive ketones (excluding diaryl/α,β-unsaturated/α-hetero) is 1. The Morgan fingerprint density at radius 1 is 1.11 bits per heavy atom. The molecule has 1 aliphatic carbocycles. The summed E-state index contributed by atoms with van der Waals surface area (Å²) in [6.07, 6.45) is 5.99. The van der Waals surface area contributed by atoms with Crippen molar-refractivity contribution < 1.29 is 9.59 Å².